The van der Waals surface area contributed by atoms with Crippen molar-refractivity contribution >= 4 is 5.82 Å². The maximum atomic E-state index is 11.7. The summed E-state index contributed by atoms with van der Waals surface area (Å²) in [6, 6.07) is 0.0582. The summed E-state index contributed by atoms with van der Waals surface area (Å²) >= 11 is 0. The van der Waals surface area contributed by atoms with Crippen LogP contribution in [0.4, 0.5) is 5.82 Å². The van der Waals surface area contributed by atoms with Crippen molar-refractivity contribution < 1.29 is 0 Å². The van der Waals surface area contributed by atoms with Crippen LogP contribution in [-0.2, 0) is 6.54 Å². The summed E-state index contributed by atoms with van der Waals surface area (Å²) in [5.41, 5.74) is -0.108. The molecule has 0 aliphatic rings. The van der Waals surface area contributed by atoms with Crippen LogP contribution in [0.15, 0.2) is 17.2 Å². The van der Waals surface area contributed by atoms with E-state index in [4.69, 9.17) is 6.42 Å². The van der Waals surface area contributed by atoms with Gasteiger partial charge in [-0.15, -0.1) is 12.3 Å². The minimum atomic E-state index is -0.108. The summed E-state index contributed by atoms with van der Waals surface area (Å²) in [6.07, 6.45) is 9.03. The summed E-state index contributed by atoms with van der Waals surface area (Å²) in [6.45, 7) is 4.47. The van der Waals surface area contributed by atoms with Gasteiger partial charge in [0, 0.05) is 31.4 Å². The van der Waals surface area contributed by atoms with E-state index in [1.165, 1.54) is 0 Å². The van der Waals surface area contributed by atoms with Crippen LogP contribution in [0.1, 0.15) is 20.3 Å². The van der Waals surface area contributed by atoms with Gasteiger partial charge >= 0.3 is 0 Å². The number of rotatable bonds is 4. The van der Waals surface area contributed by atoms with E-state index in [1.54, 1.807) is 17.0 Å². The average Bonchev–Trinajstić information content (AvgIpc) is 2.21. The van der Waals surface area contributed by atoms with Crippen LogP contribution in [0.5, 0.6) is 0 Å². The maximum absolute atomic E-state index is 11.7. The molecule has 0 amide bonds. The summed E-state index contributed by atoms with van der Waals surface area (Å²) in [4.78, 5) is 15.7. The molecule has 0 radical (unpaired) electrons. The first-order valence-corrected chi connectivity index (χ1v) is 4.94. The molecule has 0 saturated heterocycles. The Morgan fingerprint density at radius 2 is 2.47 bits per heavy atom. The molecule has 1 aromatic heterocycles. The van der Waals surface area contributed by atoms with E-state index in [0.717, 1.165) is 0 Å². The van der Waals surface area contributed by atoms with Crippen molar-refractivity contribution in [3.05, 3.63) is 22.7 Å². The van der Waals surface area contributed by atoms with Crippen LogP contribution in [0.2, 0.25) is 0 Å². The van der Waals surface area contributed by atoms with Gasteiger partial charge in [-0.05, 0) is 13.8 Å². The first kappa shape index (κ1) is 11.3. The molecule has 1 atom stereocenters. The van der Waals surface area contributed by atoms with Crippen molar-refractivity contribution in [3.8, 4) is 12.3 Å². The quantitative estimate of drug-likeness (QED) is 0.748. The highest BCUT2D eigenvalue weighted by Crippen LogP contribution is 1.99. The molecule has 1 unspecified atom stereocenters. The van der Waals surface area contributed by atoms with E-state index < -0.39 is 0 Å². The highest BCUT2D eigenvalue weighted by molar-refractivity contribution is 5.32. The van der Waals surface area contributed by atoms with Gasteiger partial charge in [0.05, 0.1) is 0 Å². The van der Waals surface area contributed by atoms with E-state index in [2.05, 4.69) is 16.2 Å². The fourth-order valence-corrected chi connectivity index (χ4v) is 1.26. The van der Waals surface area contributed by atoms with E-state index in [0.29, 0.717) is 18.8 Å². The summed E-state index contributed by atoms with van der Waals surface area (Å²) in [5, 5.41) is 3.00. The van der Waals surface area contributed by atoms with Gasteiger partial charge in [0.2, 0.25) is 0 Å². The number of nitrogens with one attached hydrogen (secondary N) is 1. The molecule has 0 saturated carbocycles. The molecule has 80 valence electrons. The van der Waals surface area contributed by atoms with Crippen molar-refractivity contribution in [2.75, 3.05) is 5.32 Å². The van der Waals surface area contributed by atoms with Gasteiger partial charge in [0.15, 0.2) is 5.82 Å². The molecule has 1 N–H and O–H groups in total. The molecule has 1 heterocycles. The fraction of sp³-hybridized carbons (Fsp3) is 0.455. The smallest absolute Gasteiger partial charge is 0.293 e. The van der Waals surface area contributed by atoms with Crippen molar-refractivity contribution in [3.63, 3.8) is 0 Å². The zero-order chi connectivity index (χ0) is 11.3. The van der Waals surface area contributed by atoms with Crippen LogP contribution >= 0.6 is 0 Å². The Kier molecular flexibility index (Phi) is 3.92. The third-order valence-corrected chi connectivity index (χ3v) is 2.06. The van der Waals surface area contributed by atoms with E-state index >= 15 is 0 Å². The lowest BCUT2D eigenvalue weighted by atomic mass is 10.2. The largest absolute Gasteiger partial charge is 0.362 e. The molecule has 4 nitrogen and oxygen atoms in total. The van der Waals surface area contributed by atoms with Crippen molar-refractivity contribution in [2.24, 2.45) is 0 Å². The van der Waals surface area contributed by atoms with Crippen LogP contribution in [0.25, 0.3) is 0 Å². The van der Waals surface area contributed by atoms with Crippen LogP contribution < -0.4 is 10.9 Å². The highest BCUT2D eigenvalue weighted by atomic mass is 16.1. The topological polar surface area (TPSA) is 46.9 Å². The van der Waals surface area contributed by atoms with Gasteiger partial charge < -0.3 is 9.88 Å². The van der Waals surface area contributed by atoms with Crippen LogP contribution in [-0.4, -0.2) is 15.6 Å². The average molecular weight is 205 g/mol. The van der Waals surface area contributed by atoms with E-state index in [9.17, 15) is 4.79 Å². The molecule has 0 aromatic carbocycles. The summed E-state index contributed by atoms with van der Waals surface area (Å²) in [7, 11) is 0. The van der Waals surface area contributed by atoms with E-state index in [-0.39, 0.29) is 11.6 Å². The molecule has 15 heavy (non-hydrogen) atoms. The molecular weight excluding hydrogens is 190 g/mol. The Hall–Kier alpha value is -1.76. The second-order valence-electron chi connectivity index (χ2n) is 3.32. The molecule has 4 heteroatoms. The molecule has 1 rings (SSSR count). The number of nitrogens with zero attached hydrogens (tertiary/aromatic N) is 2. The Morgan fingerprint density at radius 3 is 3.07 bits per heavy atom. The lowest BCUT2D eigenvalue weighted by molar-refractivity contribution is 0.712. The van der Waals surface area contributed by atoms with Gasteiger partial charge in [-0.2, -0.15) is 0 Å². The standard InChI is InChI=1S/C11H15N3O/c1-4-6-9(3)13-10-11(15)14(5-2)8-7-12-10/h1,7-9H,5-6H2,2-3H3,(H,12,13). The molecule has 0 fully saturated rings. The Labute approximate surface area is 89.3 Å². The number of terminal acetylenes is 1. The Bertz CT molecular complexity index is 417. The number of aryl methyl sites for hydroxylation is 1. The van der Waals surface area contributed by atoms with Crippen molar-refractivity contribution in [1.82, 2.24) is 9.55 Å². The number of anilines is 1. The predicted octanol–water partition coefficient (Wildman–Crippen LogP) is 1.09. The molecule has 0 aliphatic heterocycles. The third-order valence-electron chi connectivity index (χ3n) is 2.06. The number of aromatic nitrogens is 2. The summed E-state index contributed by atoms with van der Waals surface area (Å²) in [5.74, 6) is 2.90. The van der Waals surface area contributed by atoms with Gasteiger partial charge in [-0.3, -0.25) is 4.79 Å². The normalized spacial score (nSPS) is 11.8. The fourth-order valence-electron chi connectivity index (χ4n) is 1.26. The van der Waals surface area contributed by atoms with Crippen LogP contribution in [0, 0.1) is 12.3 Å². The molecular formula is C11H15N3O. The SMILES string of the molecule is C#CCC(C)Nc1nccn(CC)c1=O. The van der Waals surface area contributed by atoms with Crippen molar-refractivity contribution in [1.29, 1.82) is 0 Å². The monoisotopic (exact) mass is 205 g/mol. The van der Waals surface area contributed by atoms with E-state index in [1.807, 2.05) is 13.8 Å². The van der Waals surface area contributed by atoms with Crippen LogP contribution in [0.3, 0.4) is 0 Å². The highest BCUT2D eigenvalue weighted by Gasteiger charge is 2.06. The molecule has 1 aromatic rings. The predicted molar refractivity (Wildman–Crippen MR) is 60.7 cm³/mol. The van der Waals surface area contributed by atoms with Gasteiger partial charge in [0.25, 0.3) is 5.56 Å². The first-order valence-electron chi connectivity index (χ1n) is 4.94. The second-order valence-corrected chi connectivity index (χ2v) is 3.32. The molecule has 0 spiro atoms. The van der Waals surface area contributed by atoms with Crippen molar-refractivity contribution in [2.45, 2.75) is 32.9 Å². The molecule has 0 bridgehead atoms. The second kappa shape index (κ2) is 5.20. The number of hydrogen-bond donors (Lipinski definition) is 1. The van der Waals surface area contributed by atoms with Gasteiger partial charge in [-0.25, -0.2) is 4.98 Å². The minimum Gasteiger partial charge on any atom is -0.362 e. The third kappa shape index (κ3) is 2.84. The Morgan fingerprint density at radius 1 is 1.73 bits per heavy atom. The molecule has 0 aliphatic carbocycles. The minimum absolute atomic E-state index is 0.0582. The maximum Gasteiger partial charge on any atom is 0.293 e. The number of hydrogen-bond acceptors (Lipinski definition) is 3. The zero-order valence-electron chi connectivity index (χ0n) is 9.03. The first-order chi connectivity index (χ1) is 7.19. The Balaban J connectivity index is 2.87. The lowest BCUT2D eigenvalue weighted by Gasteiger charge is -2.11. The van der Waals surface area contributed by atoms with Gasteiger partial charge in [0.1, 0.15) is 0 Å². The zero-order valence-corrected chi connectivity index (χ0v) is 9.03. The summed E-state index contributed by atoms with van der Waals surface area (Å²) < 4.78 is 1.60. The van der Waals surface area contributed by atoms with Gasteiger partial charge in [-0.1, -0.05) is 0 Å². The lowest BCUT2D eigenvalue weighted by Crippen LogP contribution is -2.27.